The molecule has 0 radical (unpaired) electrons. The average molecular weight is 607 g/mol. The summed E-state index contributed by atoms with van der Waals surface area (Å²) >= 11 is 0. The number of fused-ring (bicyclic) bond motifs is 3. The van der Waals surface area contributed by atoms with Crippen molar-refractivity contribution in [2.45, 2.75) is 104 Å². The largest absolute Gasteiger partial charge is 0.507 e. The number of hydrogen-bond acceptors (Lipinski definition) is 5. The molecular formula is C40H46O5. The summed E-state index contributed by atoms with van der Waals surface area (Å²) in [4.78, 5) is 40.5. The van der Waals surface area contributed by atoms with Crippen molar-refractivity contribution in [1.82, 2.24) is 0 Å². The van der Waals surface area contributed by atoms with Crippen LogP contribution in [0.3, 0.4) is 0 Å². The monoisotopic (exact) mass is 606 g/mol. The Kier molecular flexibility index (Phi) is 7.71. The third-order valence-corrected chi connectivity index (χ3v) is 11.4. The Morgan fingerprint density at radius 3 is 2.27 bits per heavy atom. The molecule has 2 N–H and O–H groups in total. The van der Waals surface area contributed by atoms with Crippen molar-refractivity contribution >= 4 is 23.1 Å². The quantitative estimate of drug-likeness (QED) is 0.197. The Balaban J connectivity index is 1.36. The van der Waals surface area contributed by atoms with E-state index in [4.69, 9.17) is 0 Å². The molecule has 0 spiro atoms. The minimum absolute atomic E-state index is 0.0947. The zero-order valence-corrected chi connectivity index (χ0v) is 27.4. The van der Waals surface area contributed by atoms with Crippen molar-refractivity contribution in [1.29, 1.82) is 0 Å². The lowest BCUT2D eigenvalue weighted by Crippen LogP contribution is -2.67. The van der Waals surface area contributed by atoms with E-state index in [1.54, 1.807) is 13.8 Å². The summed E-state index contributed by atoms with van der Waals surface area (Å²) in [5, 5.41) is 23.9. The molecular weight excluding hydrogens is 560 g/mol. The van der Waals surface area contributed by atoms with Gasteiger partial charge in [0, 0.05) is 22.0 Å². The topological polar surface area (TPSA) is 91.7 Å². The highest BCUT2D eigenvalue weighted by Crippen LogP contribution is 2.62. The Morgan fingerprint density at radius 1 is 0.956 bits per heavy atom. The van der Waals surface area contributed by atoms with Gasteiger partial charge in [-0.05, 0) is 86.6 Å². The van der Waals surface area contributed by atoms with Crippen LogP contribution < -0.4 is 0 Å². The van der Waals surface area contributed by atoms with Crippen LogP contribution in [0.2, 0.25) is 0 Å². The molecule has 0 heterocycles. The van der Waals surface area contributed by atoms with Gasteiger partial charge in [-0.25, -0.2) is 0 Å². The van der Waals surface area contributed by atoms with Crippen LogP contribution in [0.1, 0.15) is 101 Å². The summed E-state index contributed by atoms with van der Waals surface area (Å²) in [7, 11) is 0. The first-order valence-electron chi connectivity index (χ1n) is 16.6. The van der Waals surface area contributed by atoms with Gasteiger partial charge in [-0.1, -0.05) is 100 Å². The van der Waals surface area contributed by atoms with Crippen LogP contribution in [0.15, 0.2) is 65.3 Å². The number of Topliss-reactive ketones (excluding diaryl/α,β-unsaturated/α-hetero) is 3. The molecule has 0 amide bonds. The van der Waals surface area contributed by atoms with E-state index in [0.717, 1.165) is 41.0 Å². The normalized spacial score (nSPS) is 28.5. The zero-order chi connectivity index (χ0) is 32.5. The first-order valence-corrected chi connectivity index (χ1v) is 16.6. The minimum Gasteiger partial charge on any atom is -0.507 e. The van der Waals surface area contributed by atoms with Crippen LogP contribution >= 0.6 is 0 Å². The van der Waals surface area contributed by atoms with Gasteiger partial charge in [0.25, 0.3) is 0 Å². The third kappa shape index (κ3) is 4.90. The van der Waals surface area contributed by atoms with Crippen molar-refractivity contribution < 1.29 is 24.6 Å². The van der Waals surface area contributed by atoms with Crippen molar-refractivity contribution in [2.24, 2.45) is 16.7 Å². The van der Waals surface area contributed by atoms with Crippen LogP contribution in [0.4, 0.5) is 0 Å². The number of benzene rings is 2. The predicted molar refractivity (Wildman–Crippen MR) is 178 cm³/mol. The Hall–Kier alpha value is -3.57. The van der Waals surface area contributed by atoms with Crippen LogP contribution in [0, 0.1) is 23.7 Å². The van der Waals surface area contributed by atoms with Gasteiger partial charge in [-0.15, -0.1) is 0 Å². The van der Waals surface area contributed by atoms with Crippen molar-refractivity contribution in [3.8, 4) is 11.1 Å². The summed E-state index contributed by atoms with van der Waals surface area (Å²) in [6, 6.07) is 12.6. The van der Waals surface area contributed by atoms with Crippen LogP contribution in [-0.4, -0.2) is 33.2 Å². The molecule has 45 heavy (non-hydrogen) atoms. The summed E-state index contributed by atoms with van der Waals surface area (Å²) in [5.41, 5.74) is 3.19. The van der Waals surface area contributed by atoms with Crippen LogP contribution in [-0.2, 0) is 27.2 Å². The summed E-state index contributed by atoms with van der Waals surface area (Å²) in [5.74, 6) is -1.48. The number of carbonyl (C=O) groups is 3. The van der Waals surface area contributed by atoms with Crippen molar-refractivity contribution in [2.75, 3.05) is 0 Å². The van der Waals surface area contributed by atoms with E-state index in [1.807, 2.05) is 19.9 Å². The number of aliphatic hydroxyl groups excluding tert-OH is 1. The van der Waals surface area contributed by atoms with Gasteiger partial charge in [0.1, 0.15) is 5.76 Å². The fraction of sp³-hybridized carbons (Fsp3) is 0.475. The van der Waals surface area contributed by atoms with E-state index >= 15 is 0 Å². The summed E-state index contributed by atoms with van der Waals surface area (Å²) in [6.07, 6.45) is 9.67. The smallest absolute Gasteiger partial charge is 0.206 e. The number of rotatable bonds is 6. The zero-order valence-electron chi connectivity index (χ0n) is 27.4. The molecule has 0 saturated heterocycles. The van der Waals surface area contributed by atoms with E-state index in [0.29, 0.717) is 24.0 Å². The maximum absolute atomic E-state index is 14.3. The lowest BCUT2D eigenvalue weighted by atomic mass is 9.46. The summed E-state index contributed by atoms with van der Waals surface area (Å²) < 4.78 is 0. The van der Waals surface area contributed by atoms with E-state index in [2.05, 4.69) is 36.9 Å². The van der Waals surface area contributed by atoms with Gasteiger partial charge in [-0.3, -0.25) is 14.4 Å². The van der Waals surface area contributed by atoms with Gasteiger partial charge in [0.2, 0.25) is 11.6 Å². The SMILES string of the molecule is C=C(Cc1ccc(-c2ccc(C)c3c2C[C@]2(C)C[C@]4(C)CC(C)=C(C(C)=O)C(=O)[C@]4(O)C(=O)C2=C3O)cc1)CC1CCCCC1. The standard InChI is InChI=1S/C40H46O5/c1-23(18-27-10-8-7-9-11-27)19-28-13-15-29(16-14-28)30-17-12-24(2)33-31(30)21-38(5)22-39(6)20-25(3)32(26(4)41)36(43)40(39,45)37(44)34(38)35(33)42/h12-17,27,42,45H,1,7-11,18-22H2,2-6H3/t38-,39+,40+/m1/s1. The Labute approximate surface area is 267 Å². The summed E-state index contributed by atoms with van der Waals surface area (Å²) in [6.45, 7) is 13.1. The molecule has 5 nitrogen and oxygen atoms in total. The first kappa shape index (κ1) is 31.4. The highest BCUT2D eigenvalue weighted by atomic mass is 16.3. The van der Waals surface area contributed by atoms with Gasteiger partial charge >= 0.3 is 0 Å². The lowest BCUT2D eigenvalue weighted by molar-refractivity contribution is -0.171. The number of aliphatic hydroxyl groups is 2. The van der Waals surface area contributed by atoms with Crippen LogP contribution in [0.25, 0.3) is 16.9 Å². The van der Waals surface area contributed by atoms with Gasteiger partial charge < -0.3 is 10.2 Å². The molecule has 236 valence electrons. The number of aryl methyl sites for hydroxylation is 1. The Morgan fingerprint density at radius 2 is 1.62 bits per heavy atom. The van der Waals surface area contributed by atoms with Gasteiger partial charge in [0.15, 0.2) is 11.4 Å². The minimum atomic E-state index is -2.41. The molecule has 2 saturated carbocycles. The fourth-order valence-corrected chi connectivity index (χ4v) is 9.45. The molecule has 5 heteroatoms. The number of ketones is 3. The molecule has 0 unspecified atom stereocenters. The van der Waals surface area contributed by atoms with E-state index in [1.165, 1.54) is 50.2 Å². The maximum Gasteiger partial charge on any atom is 0.206 e. The molecule has 2 aromatic carbocycles. The molecule has 3 atom stereocenters. The van der Waals surface area contributed by atoms with Gasteiger partial charge in [0.05, 0.1) is 5.57 Å². The molecule has 6 rings (SSSR count). The highest BCUT2D eigenvalue weighted by molar-refractivity contribution is 6.33. The van der Waals surface area contributed by atoms with E-state index in [9.17, 15) is 24.6 Å². The third-order valence-electron chi connectivity index (χ3n) is 11.4. The molecule has 4 aliphatic carbocycles. The second kappa shape index (κ2) is 11.0. The number of allylic oxidation sites excluding steroid dienone is 2. The van der Waals surface area contributed by atoms with Gasteiger partial charge in [-0.2, -0.15) is 0 Å². The molecule has 2 fully saturated rings. The van der Waals surface area contributed by atoms with Crippen LogP contribution in [0.5, 0.6) is 0 Å². The number of hydrogen-bond donors (Lipinski definition) is 2. The van der Waals surface area contributed by atoms with Crippen molar-refractivity contribution in [3.05, 3.63) is 87.5 Å². The fourth-order valence-electron chi connectivity index (χ4n) is 9.45. The lowest BCUT2D eigenvalue weighted by Gasteiger charge is -2.56. The molecule has 4 aliphatic rings. The second-order valence-corrected chi connectivity index (χ2v) is 15.1. The second-order valence-electron chi connectivity index (χ2n) is 15.1. The first-order chi connectivity index (χ1) is 21.2. The van der Waals surface area contributed by atoms with Crippen molar-refractivity contribution in [3.63, 3.8) is 0 Å². The highest BCUT2D eigenvalue weighted by Gasteiger charge is 2.69. The van der Waals surface area contributed by atoms with E-state index in [-0.39, 0.29) is 23.3 Å². The molecule has 2 aromatic rings. The van der Waals surface area contributed by atoms with E-state index < -0.39 is 33.8 Å². The Bertz CT molecular complexity index is 1700. The predicted octanol–water partition coefficient (Wildman–Crippen LogP) is 8.15. The molecule has 0 bridgehead atoms. The molecule has 0 aliphatic heterocycles. The average Bonchev–Trinajstić information content (AvgIpc) is 2.96. The number of carbonyl (C=O) groups excluding carboxylic acids is 3. The molecule has 0 aromatic heterocycles. The maximum atomic E-state index is 14.3.